The first-order valence-corrected chi connectivity index (χ1v) is 7.93. The predicted molar refractivity (Wildman–Crippen MR) is 75.1 cm³/mol. The van der Waals surface area contributed by atoms with E-state index in [1.807, 2.05) is 27.7 Å². The zero-order chi connectivity index (χ0) is 14.2. The Labute approximate surface area is 114 Å². The second-order valence-corrected chi connectivity index (χ2v) is 7.90. The Kier molecular flexibility index (Phi) is 4.44. The summed E-state index contributed by atoms with van der Waals surface area (Å²) in [6.45, 7) is 11.0. The fraction of sp³-hybridized carbons (Fsp3) is 0.615. The van der Waals surface area contributed by atoms with Gasteiger partial charge in [0, 0.05) is 5.69 Å². The van der Waals surface area contributed by atoms with Crippen molar-refractivity contribution in [3.8, 4) is 0 Å². The van der Waals surface area contributed by atoms with Crippen molar-refractivity contribution in [3.63, 3.8) is 0 Å². The van der Waals surface area contributed by atoms with E-state index in [1.165, 1.54) is 0 Å². The van der Waals surface area contributed by atoms with E-state index in [1.54, 1.807) is 13.8 Å². The number of aromatic nitrogens is 1. The van der Waals surface area contributed by atoms with Crippen LogP contribution in [0.1, 0.15) is 50.4 Å². The highest BCUT2D eigenvalue weighted by molar-refractivity contribution is 7.92. The molecule has 102 valence electrons. The molecule has 0 atom stereocenters. The van der Waals surface area contributed by atoms with Gasteiger partial charge in [-0.15, -0.1) is 0 Å². The van der Waals surface area contributed by atoms with E-state index in [0.29, 0.717) is 0 Å². The van der Waals surface area contributed by atoms with Crippen LogP contribution in [-0.2, 0) is 9.84 Å². The summed E-state index contributed by atoms with van der Waals surface area (Å²) in [5, 5.41) is -0.415. The number of rotatable bonds is 3. The van der Waals surface area contributed by atoms with Crippen molar-refractivity contribution < 1.29 is 8.42 Å². The molecule has 1 aromatic rings. The first kappa shape index (κ1) is 15.4. The van der Waals surface area contributed by atoms with Crippen LogP contribution in [0, 0.1) is 13.8 Å². The maximum Gasteiger partial charge on any atom is 0.184 e. The van der Waals surface area contributed by atoms with Gasteiger partial charge in [0.15, 0.2) is 9.84 Å². The molecule has 3 nitrogen and oxygen atoms in total. The molecule has 1 aromatic heterocycles. The minimum atomic E-state index is -3.41. The SMILES string of the molecule is Cc1nc(Cl)c(S(=O)(=O)C(C)C)c(C)c1C(C)C. The first-order valence-electron chi connectivity index (χ1n) is 6.01. The first-order chi connectivity index (χ1) is 8.10. The normalized spacial score (nSPS) is 12.5. The van der Waals surface area contributed by atoms with Crippen LogP contribution in [0.15, 0.2) is 4.90 Å². The number of aryl methyl sites for hydroxylation is 1. The smallest absolute Gasteiger partial charge is 0.184 e. The van der Waals surface area contributed by atoms with Crippen LogP contribution in [-0.4, -0.2) is 18.7 Å². The molecule has 0 N–H and O–H groups in total. The summed E-state index contributed by atoms with van der Waals surface area (Å²) in [6, 6.07) is 0. The van der Waals surface area contributed by atoms with E-state index in [4.69, 9.17) is 11.6 Å². The molecule has 0 aliphatic heterocycles. The monoisotopic (exact) mass is 289 g/mol. The number of sulfone groups is 1. The van der Waals surface area contributed by atoms with E-state index in [9.17, 15) is 8.42 Å². The Morgan fingerprint density at radius 3 is 2.00 bits per heavy atom. The Hall–Kier alpha value is -0.610. The van der Waals surface area contributed by atoms with Crippen molar-refractivity contribution in [2.75, 3.05) is 0 Å². The van der Waals surface area contributed by atoms with Gasteiger partial charge in [-0.3, -0.25) is 0 Å². The average molecular weight is 290 g/mol. The summed E-state index contributed by atoms with van der Waals surface area (Å²) >= 11 is 6.05. The molecule has 0 saturated carbocycles. The molecule has 0 aromatic carbocycles. The highest BCUT2D eigenvalue weighted by atomic mass is 35.5. The van der Waals surface area contributed by atoms with Gasteiger partial charge in [-0.05, 0) is 44.7 Å². The predicted octanol–water partition coefficient (Wildman–Crippen LogP) is 3.66. The van der Waals surface area contributed by atoms with Crippen LogP contribution in [0.5, 0.6) is 0 Å². The van der Waals surface area contributed by atoms with Gasteiger partial charge < -0.3 is 0 Å². The molecule has 0 aliphatic carbocycles. The molecular weight excluding hydrogens is 270 g/mol. The van der Waals surface area contributed by atoms with Gasteiger partial charge in [0.1, 0.15) is 10.0 Å². The van der Waals surface area contributed by atoms with E-state index >= 15 is 0 Å². The van der Waals surface area contributed by atoms with Crippen molar-refractivity contribution in [2.45, 2.75) is 57.6 Å². The van der Waals surface area contributed by atoms with Crippen LogP contribution in [0.2, 0.25) is 5.15 Å². The van der Waals surface area contributed by atoms with Crippen molar-refractivity contribution in [1.29, 1.82) is 0 Å². The second-order valence-electron chi connectivity index (χ2n) is 5.10. The number of halogens is 1. The van der Waals surface area contributed by atoms with Crippen LogP contribution in [0.4, 0.5) is 0 Å². The van der Waals surface area contributed by atoms with E-state index in [0.717, 1.165) is 16.8 Å². The van der Waals surface area contributed by atoms with Gasteiger partial charge in [0.05, 0.1) is 5.25 Å². The molecule has 0 spiro atoms. The van der Waals surface area contributed by atoms with Crippen molar-refractivity contribution in [1.82, 2.24) is 4.98 Å². The highest BCUT2D eigenvalue weighted by Gasteiger charge is 2.28. The van der Waals surface area contributed by atoms with E-state index in [-0.39, 0.29) is 16.0 Å². The quantitative estimate of drug-likeness (QED) is 0.798. The minimum absolute atomic E-state index is 0.0862. The second kappa shape index (κ2) is 5.17. The third-order valence-electron chi connectivity index (χ3n) is 3.07. The zero-order valence-corrected chi connectivity index (χ0v) is 13.3. The fourth-order valence-electron chi connectivity index (χ4n) is 2.22. The number of pyridine rings is 1. The molecule has 0 bridgehead atoms. The molecule has 1 rings (SSSR count). The topological polar surface area (TPSA) is 47.0 Å². The van der Waals surface area contributed by atoms with Gasteiger partial charge >= 0.3 is 0 Å². The highest BCUT2D eigenvalue weighted by Crippen LogP contribution is 2.33. The number of hydrogen-bond donors (Lipinski definition) is 0. The maximum atomic E-state index is 12.3. The summed E-state index contributed by atoms with van der Waals surface area (Å²) < 4.78 is 24.7. The fourth-order valence-corrected chi connectivity index (χ4v) is 4.10. The maximum absolute atomic E-state index is 12.3. The van der Waals surface area contributed by atoms with Crippen LogP contribution >= 0.6 is 11.6 Å². The molecule has 5 heteroatoms. The summed E-state index contributed by atoms with van der Waals surface area (Å²) in [7, 11) is -3.41. The molecule has 0 aliphatic rings. The van der Waals surface area contributed by atoms with Crippen LogP contribution < -0.4 is 0 Å². The summed E-state index contributed by atoms with van der Waals surface area (Å²) in [4.78, 5) is 4.38. The standard InChI is InChI=1S/C13H20ClNO2S/c1-7(2)11-9(5)12(13(14)15-10(11)6)18(16,17)8(3)4/h7-8H,1-6H3. The minimum Gasteiger partial charge on any atom is -0.240 e. The molecular formula is C13H20ClNO2S. The van der Waals surface area contributed by atoms with Crippen LogP contribution in [0.3, 0.4) is 0 Å². The van der Waals surface area contributed by atoms with Crippen molar-refractivity contribution in [2.24, 2.45) is 0 Å². The van der Waals surface area contributed by atoms with Crippen molar-refractivity contribution >= 4 is 21.4 Å². The van der Waals surface area contributed by atoms with Crippen molar-refractivity contribution in [3.05, 3.63) is 22.0 Å². The lowest BCUT2D eigenvalue weighted by atomic mass is 9.97. The van der Waals surface area contributed by atoms with E-state index < -0.39 is 15.1 Å². The van der Waals surface area contributed by atoms with Gasteiger partial charge in [0.25, 0.3) is 0 Å². The molecule has 1 heterocycles. The van der Waals surface area contributed by atoms with Gasteiger partial charge in [0.2, 0.25) is 0 Å². The van der Waals surface area contributed by atoms with Gasteiger partial charge in [-0.2, -0.15) is 0 Å². The largest absolute Gasteiger partial charge is 0.240 e. The van der Waals surface area contributed by atoms with E-state index in [2.05, 4.69) is 4.98 Å². The summed E-state index contributed by atoms with van der Waals surface area (Å²) in [5.41, 5.74) is 2.50. The lowest BCUT2D eigenvalue weighted by Crippen LogP contribution is -2.18. The molecule has 0 saturated heterocycles. The molecule has 0 unspecified atom stereocenters. The molecule has 0 radical (unpaired) electrons. The Morgan fingerprint density at radius 2 is 1.61 bits per heavy atom. The van der Waals surface area contributed by atoms with Gasteiger partial charge in [-0.25, -0.2) is 13.4 Å². The lowest BCUT2D eigenvalue weighted by Gasteiger charge is -2.19. The Bertz CT molecular complexity index is 563. The summed E-state index contributed by atoms with van der Waals surface area (Å²) in [6.07, 6.45) is 0. The molecule has 0 fully saturated rings. The zero-order valence-electron chi connectivity index (χ0n) is 11.7. The average Bonchev–Trinajstić information content (AvgIpc) is 2.14. The molecule has 18 heavy (non-hydrogen) atoms. The van der Waals surface area contributed by atoms with Gasteiger partial charge in [-0.1, -0.05) is 25.4 Å². The lowest BCUT2D eigenvalue weighted by molar-refractivity contribution is 0.585. The Morgan fingerprint density at radius 1 is 1.11 bits per heavy atom. The van der Waals surface area contributed by atoms with Crippen LogP contribution in [0.25, 0.3) is 0 Å². The third-order valence-corrected chi connectivity index (χ3v) is 5.77. The summed E-state index contributed by atoms with van der Waals surface area (Å²) in [5.74, 6) is 0.218. The number of hydrogen-bond acceptors (Lipinski definition) is 3. The molecule has 0 amide bonds. The number of nitrogens with zero attached hydrogens (tertiary/aromatic N) is 1. The third kappa shape index (κ3) is 2.54. The Balaban J connectivity index is 3.72.